The maximum absolute atomic E-state index is 13.7. The molecule has 4 aliphatic heterocycles. The molecule has 0 spiro atoms. The number of methoxy groups -OCH3 is 1. The van der Waals surface area contributed by atoms with Crippen LogP contribution in [0.4, 0.5) is 0 Å². The molecule has 0 bridgehead atoms. The lowest BCUT2D eigenvalue weighted by molar-refractivity contribution is -0.327. The predicted molar refractivity (Wildman–Crippen MR) is 241 cm³/mol. The summed E-state index contributed by atoms with van der Waals surface area (Å²) in [6.07, 6.45) is -14.1. The molecule has 2 fully saturated rings. The number of ether oxygens (including phenoxy) is 10. The number of rotatable bonds is 19. The molecule has 0 radical (unpaired) electrons. The van der Waals surface area contributed by atoms with E-state index in [0.717, 1.165) is 25.2 Å². The highest BCUT2D eigenvalue weighted by Gasteiger charge is 2.49. The van der Waals surface area contributed by atoms with Gasteiger partial charge in [-0.05, 0) is 49.2 Å². The Morgan fingerprint density at radius 3 is 1.49 bits per heavy atom. The van der Waals surface area contributed by atoms with E-state index in [1.54, 1.807) is 38.1 Å². The Balaban J connectivity index is 1.07. The van der Waals surface area contributed by atoms with Crippen LogP contribution in [-0.2, 0) is 74.7 Å². The molecule has 6 rings (SSSR count). The lowest BCUT2D eigenvalue weighted by Gasteiger charge is -2.42. The van der Waals surface area contributed by atoms with Crippen molar-refractivity contribution in [2.45, 2.75) is 114 Å². The molecule has 14 unspecified atom stereocenters. The summed E-state index contributed by atoms with van der Waals surface area (Å²) >= 11 is 0. The van der Waals surface area contributed by atoms with Gasteiger partial charge in [0.2, 0.25) is 12.6 Å². The van der Waals surface area contributed by atoms with Crippen LogP contribution in [0.5, 0.6) is 11.5 Å². The highest BCUT2D eigenvalue weighted by Crippen LogP contribution is 2.38. The Bertz CT molecular complexity index is 2290. The molecule has 2 aromatic rings. The van der Waals surface area contributed by atoms with Crippen LogP contribution in [0, 0.1) is 11.8 Å². The molecule has 4 heterocycles. The lowest BCUT2D eigenvalue weighted by Crippen LogP contribution is -2.60. The Labute approximate surface area is 412 Å². The van der Waals surface area contributed by atoms with E-state index in [0.29, 0.717) is 12.0 Å². The van der Waals surface area contributed by atoms with Gasteiger partial charge in [-0.1, -0.05) is 36.4 Å². The first-order valence-corrected chi connectivity index (χ1v) is 23.0. The number of phenolic OH excluding ortho intramolecular Hbond substituents is 1. The summed E-state index contributed by atoms with van der Waals surface area (Å²) in [5.41, 5.74) is 1.74. The zero-order chi connectivity index (χ0) is 52.2. The second-order valence-corrected chi connectivity index (χ2v) is 17.0. The first kappa shape index (κ1) is 55.5. The number of aliphatic hydroxyl groups is 8. The number of benzene rings is 2. The van der Waals surface area contributed by atoms with Crippen molar-refractivity contribution in [3.8, 4) is 11.5 Å². The number of carbonyl (C=O) groups is 4. The molecule has 0 saturated carbocycles. The molecule has 0 amide bonds. The summed E-state index contributed by atoms with van der Waals surface area (Å²) in [7, 11) is 1.14. The van der Waals surface area contributed by atoms with Gasteiger partial charge in [-0.3, -0.25) is 9.59 Å². The molecule has 2 saturated heterocycles. The largest absolute Gasteiger partial charge is 0.508 e. The standard InChI is InChI=1S/C49H60O23/c1-4-28-30(18-36(53)64-16-14-24-6-10-26(52)11-7-24)33(23-67-46(28)71-48-42(59)40(57)38(55)34(20-50)69-48)45(62)65-17-15-25-8-12-27(13-9-25)68-37(54)19-31-29(5-2)47(66-22-32(31)44(61)63-3)72-49-43(60)41(58)39(56)35(21-51)70-49/h4-13,22-23,30-31,34-35,38-43,46-52,55-60H,14-21H2,1-3H3. The molecule has 0 aromatic heterocycles. The molecule has 2 aromatic carbocycles. The van der Waals surface area contributed by atoms with Crippen LogP contribution >= 0.6 is 0 Å². The zero-order valence-electron chi connectivity index (χ0n) is 39.4. The predicted octanol–water partition coefficient (Wildman–Crippen LogP) is -0.639. The molecule has 4 aliphatic rings. The second kappa shape index (κ2) is 25.7. The third-order valence-electron chi connectivity index (χ3n) is 12.4. The molecule has 9 N–H and O–H groups in total. The van der Waals surface area contributed by atoms with Crippen LogP contribution in [0.2, 0.25) is 0 Å². The third kappa shape index (κ3) is 13.4. The van der Waals surface area contributed by atoms with E-state index in [-0.39, 0.29) is 53.4 Å². The Morgan fingerprint density at radius 2 is 1.03 bits per heavy atom. The van der Waals surface area contributed by atoms with Gasteiger partial charge in [-0.25, -0.2) is 9.59 Å². The number of phenols is 1. The average molecular weight is 1020 g/mol. The molecule has 72 heavy (non-hydrogen) atoms. The summed E-state index contributed by atoms with van der Waals surface area (Å²) in [4.78, 5) is 53.2. The number of allylic oxidation sites excluding steroid dienone is 2. The van der Waals surface area contributed by atoms with Crippen LogP contribution in [0.1, 0.15) is 37.8 Å². The van der Waals surface area contributed by atoms with E-state index >= 15 is 0 Å². The Kier molecular flexibility index (Phi) is 19.8. The molecule has 23 heteroatoms. The lowest BCUT2D eigenvalue weighted by atomic mass is 9.86. The number of hydrogen-bond donors (Lipinski definition) is 9. The first-order chi connectivity index (χ1) is 34.5. The third-order valence-corrected chi connectivity index (χ3v) is 12.4. The van der Waals surface area contributed by atoms with Gasteiger partial charge in [-0.2, -0.15) is 0 Å². The first-order valence-electron chi connectivity index (χ1n) is 23.0. The topological polar surface area (TPSA) is 343 Å². The van der Waals surface area contributed by atoms with Gasteiger partial charge in [0.05, 0.1) is 70.0 Å². The van der Waals surface area contributed by atoms with E-state index < -0.39 is 136 Å². The van der Waals surface area contributed by atoms with Crippen molar-refractivity contribution in [3.05, 3.63) is 107 Å². The highest BCUT2D eigenvalue weighted by atomic mass is 16.8. The van der Waals surface area contributed by atoms with Crippen LogP contribution in [-0.4, -0.2) is 177 Å². The maximum atomic E-state index is 13.7. The summed E-state index contributed by atoms with van der Waals surface area (Å²) in [6.45, 7) is 1.55. The van der Waals surface area contributed by atoms with E-state index in [9.17, 15) is 65.1 Å². The molecule has 23 nitrogen and oxygen atoms in total. The van der Waals surface area contributed by atoms with Gasteiger partial charge < -0.3 is 93.3 Å². The summed E-state index contributed by atoms with van der Waals surface area (Å²) < 4.78 is 55.6. The number of carbonyl (C=O) groups excluding carboxylic acids is 4. The minimum atomic E-state index is -1.78. The van der Waals surface area contributed by atoms with Crippen molar-refractivity contribution in [2.75, 3.05) is 33.5 Å². The van der Waals surface area contributed by atoms with Crippen LogP contribution < -0.4 is 4.74 Å². The SMILES string of the molecule is CC=C1C(OC2OC(CO)C(O)C(O)C2O)OC=C(C(=O)OC)C1CC(=O)Oc1ccc(CCOC(=O)C2=COC(OC3OC(CO)C(O)C(O)C3O)C(=CC)C2CC(=O)OCCc2ccc(O)cc2)cc1. The minimum absolute atomic E-state index is 0.0297. The second-order valence-electron chi connectivity index (χ2n) is 17.0. The summed E-state index contributed by atoms with van der Waals surface area (Å²) in [5.74, 6) is -5.05. The Hall–Kier alpha value is -5.80. The van der Waals surface area contributed by atoms with Crippen LogP contribution in [0.25, 0.3) is 0 Å². The summed E-state index contributed by atoms with van der Waals surface area (Å²) in [5, 5.41) is 91.0. The fraction of sp³-hybridized carbons (Fsp3) is 0.510. The number of aliphatic hydroxyl groups excluding tert-OH is 8. The normalized spacial score (nSPS) is 31.6. The minimum Gasteiger partial charge on any atom is -0.508 e. The van der Waals surface area contributed by atoms with E-state index in [1.165, 1.54) is 36.4 Å². The molecular formula is C49H60O23. The zero-order valence-corrected chi connectivity index (χ0v) is 39.4. The van der Waals surface area contributed by atoms with E-state index in [4.69, 9.17) is 47.4 Å². The van der Waals surface area contributed by atoms with Crippen LogP contribution in [0.15, 0.2) is 95.5 Å². The van der Waals surface area contributed by atoms with Crippen LogP contribution in [0.3, 0.4) is 0 Å². The van der Waals surface area contributed by atoms with Crippen molar-refractivity contribution >= 4 is 23.9 Å². The number of aromatic hydroxyl groups is 1. The maximum Gasteiger partial charge on any atom is 0.337 e. The quantitative estimate of drug-likeness (QED) is 0.0366. The number of esters is 4. The van der Waals surface area contributed by atoms with Gasteiger partial charge in [0, 0.05) is 35.8 Å². The molecule has 394 valence electrons. The van der Waals surface area contributed by atoms with Crippen molar-refractivity contribution in [3.63, 3.8) is 0 Å². The van der Waals surface area contributed by atoms with Crippen molar-refractivity contribution < 1.29 is 113 Å². The van der Waals surface area contributed by atoms with E-state index in [2.05, 4.69) is 0 Å². The highest BCUT2D eigenvalue weighted by molar-refractivity contribution is 5.91. The van der Waals surface area contributed by atoms with Gasteiger partial charge >= 0.3 is 23.9 Å². The van der Waals surface area contributed by atoms with Crippen molar-refractivity contribution in [2.24, 2.45) is 11.8 Å². The summed E-state index contributed by atoms with van der Waals surface area (Å²) in [6, 6.07) is 12.6. The van der Waals surface area contributed by atoms with Gasteiger partial charge in [-0.15, -0.1) is 0 Å². The van der Waals surface area contributed by atoms with Crippen molar-refractivity contribution in [1.29, 1.82) is 0 Å². The Morgan fingerprint density at radius 1 is 0.583 bits per heavy atom. The fourth-order valence-electron chi connectivity index (χ4n) is 8.31. The van der Waals surface area contributed by atoms with Gasteiger partial charge in [0.15, 0.2) is 12.6 Å². The fourth-order valence-corrected chi connectivity index (χ4v) is 8.31. The van der Waals surface area contributed by atoms with Gasteiger partial charge in [0.1, 0.15) is 60.3 Å². The van der Waals surface area contributed by atoms with E-state index in [1.807, 2.05) is 0 Å². The van der Waals surface area contributed by atoms with Crippen molar-refractivity contribution in [1.82, 2.24) is 0 Å². The molecule has 0 aliphatic carbocycles. The molecule has 14 atom stereocenters. The average Bonchev–Trinajstić information content (AvgIpc) is 3.37. The smallest absolute Gasteiger partial charge is 0.337 e. The number of hydrogen-bond acceptors (Lipinski definition) is 23. The van der Waals surface area contributed by atoms with Gasteiger partial charge in [0.25, 0.3) is 0 Å². The monoisotopic (exact) mass is 1020 g/mol. The molecular weight excluding hydrogens is 957 g/mol.